The normalized spacial score (nSPS) is 14.5. The minimum Gasteiger partial charge on any atom is -0.326 e. The Morgan fingerprint density at radius 3 is 3.00 bits per heavy atom. The van der Waals surface area contributed by atoms with Gasteiger partial charge in [-0.1, -0.05) is 24.2 Å². The lowest BCUT2D eigenvalue weighted by Gasteiger charge is -2.14. The third kappa shape index (κ3) is 2.60. The molecule has 0 bridgehead atoms. The maximum Gasteiger partial charge on any atom is 0.204 e. The van der Waals surface area contributed by atoms with Crippen molar-refractivity contribution in [1.82, 2.24) is 5.32 Å². The number of halogens is 1. The first-order valence-electron chi connectivity index (χ1n) is 4.47. The Morgan fingerprint density at radius 2 is 2.27 bits per heavy atom. The van der Waals surface area contributed by atoms with Gasteiger partial charge in [-0.15, -0.1) is 0 Å². The second kappa shape index (κ2) is 4.19. The van der Waals surface area contributed by atoms with Crippen LogP contribution in [0.1, 0.15) is 0 Å². The summed E-state index contributed by atoms with van der Waals surface area (Å²) in [6.45, 7) is 3.78. The Labute approximate surface area is 93.2 Å². The highest BCUT2D eigenvalue weighted by Crippen LogP contribution is 2.15. The number of nitrogens with zero attached hydrogens (tertiary/aromatic N) is 1. The van der Waals surface area contributed by atoms with E-state index in [1.807, 2.05) is 24.3 Å². The molecule has 4 heteroatoms. The van der Waals surface area contributed by atoms with Gasteiger partial charge in [0.25, 0.3) is 0 Å². The average molecular weight is 220 g/mol. The van der Waals surface area contributed by atoms with E-state index in [0.29, 0.717) is 11.0 Å². The molecule has 1 aromatic carbocycles. The quantitative estimate of drug-likeness (QED) is 0.762. The molecule has 0 fully saturated rings. The highest BCUT2D eigenvalue weighted by molar-refractivity contribution is 6.30. The van der Waals surface area contributed by atoms with Gasteiger partial charge in [0.2, 0.25) is 5.96 Å². The Morgan fingerprint density at radius 1 is 1.40 bits per heavy atom. The van der Waals surface area contributed by atoms with Crippen molar-refractivity contribution in [2.75, 3.05) is 5.32 Å². The Balaban J connectivity index is 2.12. The minimum atomic E-state index is 0.643. The standard InChI is InChI=1S/C11H10ClN3/c1-8-5-6-13-11(14-8)15-10-4-2-3-9(12)7-10/h2-7H,1H2,(H2,13,14,15). The van der Waals surface area contributed by atoms with Crippen LogP contribution in [0.2, 0.25) is 5.02 Å². The smallest absolute Gasteiger partial charge is 0.204 e. The second-order valence-corrected chi connectivity index (χ2v) is 3.52. The Bertz CT molecular complexity index is 449. The summed E-state index contributed by atoms with van der Waals surface area (Å²) in [5, 5.41) is 6.78. The van der Waals surface area contributed by atoms with Gasteiger partial charge >= 0.3 is 0 Å². The van der Waals surface area contributed by atoms with Crippen LogP contribution in [0.15, 0.2) is 53.8 Å². The number of hydrogen-bond donors (Lipinski definition) is 2. The SMILES string of the molecule is C=C1C=CN=C(Nc2cccc(Cl)c2)N1. The molecular formula is C11H10ClN3. The van der Waals surface area contributed by atoms with Crippen molar-refractivity contribution >= 4 is 23.2 Å². The molecule has 0 saturated carbocycles. The monoisotopic (exact) mass is 219 g/mol. The summed E-state index contributed by atoms with van der Waals surface area (Å²) >= 11 is 5.86. The first kappa shape index (κ1) is 9.80. The summed E-state index contributed by atoms with van der Waals surface area (Å²) in [7, 11) is 0. The molecule has 1 aliphatic heterocycles. The molecule has 1 aliphatic rings. The largest absolute Gasteiger partial charge is 0.326 e. The lowest BCUT2D eigenvalue weighted by molar-refractivity contribution is 1.13. The van der Waals surface area contributed by atoms with Gasteiger partial charge in [0.05, 0.1) is 0 Å². The molecule has 0 spiro atoms. The van der Waals surface area contributed by atoms with Crippen LogP contribution in [0.25, 0.3) is 0 Å². The van der Waals surface area contributed by atoms with E-state index in [1.165, 1.54) is 0 Å². The molecule has 0 saturated heterocycles. The summed E-state index contributed by atoms with van der Waals surface area (Å²) in [5.74, 6) is 0.643. The maximum absolute atomic E-state index is 5.86. The zero-order chi connectivity index (χ0) is 10.7. The van der Waals surface area contributed by atoms with E-state index >= 15 is 0 Å². The van der Waals surface area contributed by atoms with E-state index in [0.717, 1.165) is 11.4 Å². The zero-order valence-electron chi connectivity index (χ0n) is 8.00. The van der Waals surface area contributed by atoms with E-state index in [-0.39, 0.29) is 0 Å². The Hall–Kier alpha value is -1.74. The van der Waals surface area contributed by atoms with Crippen LogP contribution in [0.5, 0.6) is 0 Å². The molecule has 1 aromatic rings. The van der Waals surface area contributed by atoms with Crippen molar-refractivity contribution in [1.29, 1.82) is 0 Å². The number of aliphatic imine (C=N–C) groups is 1. The summed E-state index contributed by atoms with van der Waals surface area (Å²) in [6, 6.07) is 7.43. The number of rotatable bonds is 1. The van der Waals surface area contributed by atoms with Crippen molar-refractivity contribution in [2.45, 2.75) is 0 Å². The number of hydrogen-bond acceptors (Lipinski definition) is 3. The predicted molar refractivity (Wildman–Crippen MR) is 63.9 cm³/mol. The molecule has 0 atom stereocenters. The molecule has 0 radical (unpaired) electrons. The van der Waals surface area contributed by atoms with Crippen LogP contribution in [-0.4, -0.2) is 5.96 Å². The van der Waals surface area contributed by atoms with Crippen LogP contribution in [0, 0.1) is 0 Å². The van der Waals surface area contributed by atoms with Crippen LogP contribution in [-0.2, 0) is 0 Å². The van der Waals surface area contributed by atoms with Gasteiger partial charge in [0.1, 0.15) is 0 Å². The number of guanidine groups is 1. The molecule has 2 rings (SSSR count). The lowest BCUT2D eigenvalue weighted by atomic mass is 10.3. The highest BCUT2D eigenvalue weighted by Gasteiger charge is 2.02. The van der Waals surface area contributed by atoms with E-state index < -0.39 is 0 Å². The summed E-state index contributed by atoms with van der Waals surface area (Å²) < 4.78 is 0. The molecule has 0 unspecified atom stereocenters. The summed E-state index contributed by atoms with van der Waals surface area (Å²) in [4.78, 5) is 4.11. The van der Waals surface area contributed by atoms with Crippen molar-refractivity contribution < 1.29 is 0 Å². The van der Waals surface area contributed by atoms with Gasteiger partial charge in [0, 0.05) is 22.6 Å². The fourth-order valence-electron chi connectivity index (χ4n) is 1.19. The van der Waals surface area contributed by atoms with Gasteiger partial charge < -0.3 is 10.6 Å². The number of anilines is 1. The van der Waals surface area contributed by atoms with Crippen LogP contribution in [0.4, 0.5) is 5.69 Å². The third-order valence-corrected chi connectivity index (χ3v) is 2.08. The van der Waals surface area contributed by atoms with E-state index in [9.17, 15) is 0 Å². The molecule has 2 N–H and O–H groups in total. The molecule has 1 heterocycles. The number of allylic oxidation sites excluding steroid dienone is 1. The maximum atomic E-state index is 5.86. The van der Waals surface area contributed by atoms with Gasteiger partial charge in [-0.2, -0.15) is 0 Å². The second-order valence-electron chi connectivity index (χ2n) is 3.08. The summed E-state index contributed by atoms with van der Waals surface area (Å²) in [6.07, 6.45) is 3.48. The van der Waals surface area contributed by atoms with Crippen molar-refractivity contribution in [2.24, 2.45) is 4.99 Å². The van der Waals surface area contributed by atoms with Gasteiger partial charge in [-0.05, 0) is 24.3 Å². The molecule has 0 aliphatic carbocycles. The molecule has 0 aromatic heterocycles. The molecule has 3 nitrogen and oxygen atoms in total. The molecule has 15 heavy (non-hydrogen) atoms. The fraction of sp³-hybridized carbons (Fsp3) is 0. The highest BCUT2D eigenvalue weighted by atomic mass is 35.5. The fourth-order valence-corrected chi connectivity index (χ4v) is 1.38. The van der Waals surface area contributed by atoms with Gasteiger partial charge in [-0.25, -0.2) is 4.99 Å². The Kier molecular flexibility index (Phi) is 2.74. The van der Waals surface area contributed by atoms with Crippen molar-refractivity contribution in [3.8, 4) is 0 Å². The summed E-state index contributed by atoms with van der Waals surface area (Å²) in [5.41, 5.74) is 1.69. The molecular weight excluding hydrogens is 210 g/mol. The first-order chi connectivity index (χ1) is 7.24. The van der Waals surface area contributed by atoms with Crippen molar-refractivity contribution in [3.05, 3.63) is 53.8 Å². The van der Waals surface area contributed by atoms with Crippen LogP contribution < -0.4 is 10.6 Å². The van der Waals surface area contributed by atoms with Gasteiger partial charge in [-0.3, -0.25) is 0 Å². The van der Waals surface area contributed by atoms with E-state index in [1.54, 1.807) is 12.3 Å². The van der Waals surface area contributed by atoms with Crippen LogP contribution in [0.3, 0.4) is 0 Å². The first-order valence-corrected chi connectivity index (χ1v) is 4.85. The van der Waals surface area contributed by atoms with Gasteiger partial charge in [0.15, 0.2) is 0 Å². The topological polar surface area (TPSA) is 36.4 Å². The van der Waals surface area contributed by atoms with E-state index in [2.05, 4.69) is 22.2 Å². The lowest BCUT2D eigenvalue weighted by Crippen LogP contribution is -2.30. The zero-order valence-corrected chi connectivity index (χ0v) is 8.75. The van der Waals surface area contributed by atoms with Crippen LogP contribution >= 0.6 is 11.6 Å². The average Bonchev–Trinajstić information content (AvgIpc) is 2.17. The molecule has 76 valence electrons. The van der Waals surface area contributed by atoms with Crippen molar-refractivity contribution in [3.63, 3.8) is 0 Å². The number of nitrogens with one attached hydrogen (secondary N) is 2. The van der Waals surface area contributed by atoms with E-state index in [4.69, 9.17) is 11.6 Å². The predicted octanol–water partition coefficient (Wildman–Crippen LogP) is 2.74. The molecule has 0 amide bonds. The minimum absolute atomic E-state index is 0.643. The third-order valence-electron chi connectivity index (χ3n) is 1.85. The number of benzene rings is 1.